The Morgan fingerprint density at radius 2 is 2.25 bits per heavy atom. The monoisotopic (exact) mass is 279 g/mol. The van der Waals surface area contributed by atoms with Gasteiger partial charge in [0.1, 0.15) is 0 Å². The van der Waals surface area contributed by atoms with Gasteiger partial charge in [-0.2, -0.15) is 0 Å². The molecule has 0 spiro atoms. The van der Waals surface area contributed by atoms with Crippen molar-refractivity contribution < 1.29 is 9.53 Å². The number of ether oxygens (including phenoxy) is 1. The summed E-state index contributed by atoms with van der Waals surface area (Å²) in [5.41, 5.74) is 2.01. The van der Waals surface area contributed by atoms with Gasteiger partial charge in [0.2, 0.25) is 5.91 Å². The van der Waals surface area contributed by atoms with Crippen molar-refractivity contribution in [1.82, 2.24) is 15.2 Å². The van der Waals surface area contributed by atoms with Gasteiger partial charge in [-0.3, -0.25) is 14.7 Å². The van der Waals surface area contributed by atoms with Gasteiger partial charge < -0.3 is 10.1 Å². The van der Waals surface area contributed by atoms with Crippen LogP contribution < -0.4 is 5.32 Å². The zero-order chi connectivity index (χ0) is 15.0. The summed E-state index contributed by atoms with van der Waals surface area (Å²) >= 11 is 0. The lowest BCUT2D eigenvalue weighted by Gasteiger charge is -2.18. The molecule has 1 atom stereocenters. The molecule has 5 heteroatoms. The van der Waals surface area contributed by atoms with E-state index in [4.69, 9.17) is 4.74 Å². The molecule has 0 saturated carbocycles. The van der Waals surface area contributed by atoms with Gasteiger partial charge in [0, 0.05) is 37.5 Å². The number of rotatable bonds is 8. The number of methoxy groups -OCH3 is 1. The molecule has 0 fully saturated rings. The van der Waals surface area contributed by atoms with Crippen LogP contribution in [0.15, 0.2) is 18.2 Å². The fraction of sp³-hybridized carbons (Fsp3) is 0.600. The number of pyridine rings is 1. The molecule has 112 valence electrons. The van der Waals surface area contributed by atoms with Crippen LogP contribution in [-0.4, -0.2) is 55.7 Å². The first-order valence-electron chi connectivity index (χ1n) is 6.90. The van der Waals surface area contributed by atoms with Crippen LogP contribution in [0.1, 0.15) is 18.3 Å². The summed E-state index contributed by atoms with van der Waals surface area (Å²) in [5, 5.41) is 2.99. The Hall–Kier alpha value is -1.46. The lowest BCUT2D eigenvalue weighted by atomic mass is 10.1. The minimum absolute atomic E-state index is 0.0313. The summed E-state index contributed by atoms with van der Waals surface area (Å²) in [4.78, 5) is 18.3. The zero-order valence-electron chi connectivity index (χ0n) is 12.8. The Balaban J connectivity index is 2.34. The number of hydrogen-bond acceptors (Lipinski definition) is 4. The van der Waals surface area contributed by atoms with Crippen LogP contribution >= 0.6 is 0 Å². The molecule has 5 nitrogen and oxygen atoms in total. The summed E-state index contributed by atoms with van der Waals surface area (Å²) in [6, 6.07) is 6.02. The van der Waals surface area contributed by atoms with E-state index in [1.165, 1.54) is 0 Å². The van der Waals surface area contributed by atoms with Crippen molar-refractivity contribution in [1.29, 1.82) is 0 Å². The maximum absolute atomic E-state index is 11.9. The van der Waals surface area contributed by atoms with E-state index in [2.05, 4.69) is 10.3 Å². The molecule has 0 saturated heterocycles. The number of amides is 1. The van der Waals surface area contributed by atoms with Crippen molar-refractivity contribution in [2.45, 2.75) is 26.3 Å². The van der Waals surface area contributed by atoms with Crippen molar-refractivity contribution in [3.8, 4) is 0 Å². The fourth-order valence-electron chi connectivity index (χ4n) is 1.97. The SMILES string of the molecule is COCCN(C)CC(=O)N[C@H](C)Cc1cccc(C)n1. The van der Waals surface area contributed by atoms with E-state index in [-0.39, 0.29) is 11.9 Å². The molecule has 0 unspecified atom stereocenters. The standard InChI is InChI=1S/C15H25N3O2/c1-12-6-5-7-14(16-12)10-13(2)17-15(19)11-18(3)8-9-20-4/h5-7,13H,8-11H2,1-4H3,(H,17,19)/t13-/m1/s1. The minimum Gasteiger partial charge on any atom is -0.383 e. The summed E-state index contributed by atoms with van der Waals surface area (Å²) in [5.74, 6) is 0.0313. The van der Waals surface area contributed by atoms with Gasteiger partial charge >= 0.3 is 0 Å². The smallest absolute Gasteiger partial charge is 0.234 e. The summed E-state index contributed by atoms with van der Waals surface area (Å²) in [6.07, 6.45) is 0.745. The van der Waals surface area contributed by atoms with Crippen molar-refractivity contribution in [2.75, 3.05) is 33.9 Å². The predicted octanol–water partition coefficient (Wildman–Crippen LogP) is 1.02. The molecule has 1 rings (SSSR count). The van der Waals surface area contributed by atoms with Crippen LogP contribution in [0.2, 0.25) is 0 Å². The van der Waals surface area contributed by atoms with Crippen molar-refractivity contribution in [3.05, 3.63) is 29.6 Å². The molecular formula is C15H25N3O2. The highest BCUT2D eigenvalue weighted by Crippen LogP contribution is 2.02. The van der Waals surface area contributed by atoms with Gasteiger partial charge in [-0.1, -0.05) is 6.07 Å². The lowest BCUT2D eigenvalue weighted by molar-refractivity contribution is -0.122. The Kier molecular flexibility index (Phi) is 7.18. The molecule has 1 heterocycles. The zero-order valence-corrected chi connectivity index (χ0v) is 12.8. The maximum atomic E-state index is 11.9. The number of carbonyl (C=O) groups excluding carboxylic acids is 1. The van der Waals surface area contributed by atoms with Gasteiger partial charge in [0.05, 0.1) is 13.2 Å². The van der Waals surface area contributed by atoms with Crippen LogP contribution in [0.4, 0.5) is 0 Å². The third-order valence-electron chi connectivity index (χ3n) is 2.96. The molecule has 0 bridgehead atoms. The number of carbonyl (C=O) groups is 1. The predicted molar refractivity (Wildman–Crippen MR) is 79.7 cm³/mol. The van der Waals surface area contributed by atoms with E-state index in [9.17, 15) is 4.79 Å². The molecule has 0 aliphatic heterocycles. The van der Waals surface area contributed by atoms with Crippen LogP contribution in [-0.2, 0) is 16.0 Å². The number of nitrogens with one attached hydrogen (secondary N) is 1. The first-order chi connectivity index (χ1) is 9.51. The second kappa shape index (κ2) is 8.66. The molecule has 1 N–H and O–H groups in total. The van der Waals surface area contributed by atoms with Crippen LogP contribution in [0.5, 0.6) is 0 Å². The Morgan fingerprint density at radius 1 is 1.50 bits per heavy atom. The second-order valence-corrected chi connectivity index (χ2v) is 5.17. The van der Waals surface area contributed by atoms with E-state index >= 15 is 0 Å². The Labute approximate surface area is 121 Å². The average Bonchev–Trinajstić information content (AvgIpc) is 2.35. The summed E-state index contributed by atoms with van der Waals surface area (Å²) in [6.45, 7) is 5.73. The Morgan fingerprint density at radius 3 is 2.90 bits per heavy atom. The first-order valence-corrected chi connectivity index (χ1v) is 6.90. The maximum Gasteiger partial charge on any atom is 0.234 e. The van der Waals surface area contributed by atoms with Crippen molar-refractivity contribution >= 4 is 5.91 Å². The van der Waals surface area contributed by atoms with E-state index < -0.39 is 0 Å². The number of aromatic nitrogens is 1. The van der Waals surface area contributed by atoms with E-state index in [1.54, 1.807) is 7.11 Å². The van der Waals surface area contributed by atoms with Crippen LogP contribution in [0, 0.1) is 6.92 Å². The molecule has 1 aromatic rings. The minimum atomic E-state index is 0.0313. The topological polar surface area (TPSA) is 54.5 Å². The molecule has 1 aromatic heterocycles. The van der Waals surface area contributed by atoms with Gasteiger partial charge in [-0.05, 0) is 33.0 Å². The van der Waals surface area contributed by atoms with Crippen LogP contribution in [0.25, 0.3) is 0 Å². The fourth-order valence-corrected chi connectivity index (χ4v) is 1.97. The third-order valence-corrected chi connectivity index (χ3v) is 2.96. The largest absolute Gasteiger partial charge is 0.383 e. The molecule has 0 aromatic carbocycles. The van der Waals surface area contributed by atoms with Gasteiger partial charge in [-0.25, -0.2) is 0 Å². The van der Waals surface area contributed by atoms with Crippen molar-refractivity contribution in [3.63, 3.8) is 0 Å². The number of hydrogen-bond donors (Lipinski definition) is 1. The number of aryl methyl sites for hydroxylation is 1. The molecule has 20 heavy (non-hydrogen) atoms. The molecule has 0 aliphatic rings. The van der Waals surface area contributed by atoms with E-state index in [1.807, 2.05) is 44.0 Å². The number of likely N-dealkylation sites (N-methyl/N-ethyl adjacent to an activating group) is 1. The molecule has 1 amide bonds. The summed E-state index contributed by atoms with van der Waals surface area (Å²) < 4.78 is 4.98. The van der Waals surface area contributed by atoms with E-state index in [0.717, 1.165) is 24.4 Å². The molecular weight excluding hydrogens is 254 g/mol. The highest BCUT2D eigenvalue weighted by molar-refractivity contribution is 5.78. The third kappa shape index (κ3) is 6.63. The van der Waals surface area contributed by atoms with E-state index in [0.29, 0.717) is 13.2 Å². The quantitative estimate of drug-likeness (QED) is 0.772. The highest BCUT2D eigenvalue weighted by Gasteiger charge is 2.11. The van der Waals surface area contributed by atoms with Gasteiger partial charge in [-0.15, -0.1) is 0 Å². The van der Waals surface area contributed by atoms with Gasteiger partial charge in [0.15, 0.2) is 0 Å². The first kappa shape index (κ1) is 16.6. The summed E-state index contributed by atoms with van der Waals surface area (Å²) in [7, 11) is 3.57. The lowest BCUT2D eigenvalue weighted by Crippen LogP contribution is -2.41. The highest BCUT2D eigenvalue weighted by atomic mass is 16.5. The van der Waals surface area contributed by atoms with Crippen LogP contribution in [0.3, 0.4) is 0 Å². The van der Waals surface area contributed by atoms with Crippen molar-refractivity contribution in [2.24, 2.45) is 0 Å². The average molecular weight is 279 g/mol. The molecule has 0 radical (unpaired) electrons. The van der Waals surface area contributed by atoms with Gasteiger partial charge in [0.25, 0.3) is 0 Å². The second-order valence-electron chi connectivity index (χ2n) is 5.17. The Bertz CT molecular complexity index is 423. The number of nitrogens with zero attached hydrogens (tertiary/aromatic N) is 2. The molecule has 0 aliphatic carbocycles. The normalized spacial score (nSPS) is 12.4.